The molecule has 0 aliphatic rings. The zero-order chi connectivity index (χ0) is 15.6. The number of ether oxygens (including phenoxy) is 2. The standard InChI is InChI=1S/C16H14F2O3/c1-9-4-5-13(17)14(15(9)18)16(19)10-6-11(20-2)8-12(7-10)21-3/h4-8H,1-3H3. The highest BCUT2D eigenvalue weighted by molar-refractivity contribution is 6.09. The molecule has 0 spiro atoms. The van der Waals surface area contributed by atoms with Gasteiger partial charge < -0.3 is 9.47 Å². The van der Waals surface area contributed by atoms with Gasteiger partial charge in [-0.15, -0.1) is 0 Å². The van der Waals surface area contributed by atoms with Crippen molar-refractivity contribution in [3.05, 3.63) is 58.7 Å². The van der Waals surface area contributed by atoms with Crippen molar-refractivity contribution in [2.75, 3.05) is 14.2 Å². The van der Waals surface area contributed by atoms with Gasteiger partial charge in [-0.3, -0.25) is 4.79 Å². The van der Waals surface area contributed by atoms with Crippen LogP contribution in [0.5, 0.6) is 11.5 Å². The molecule has 2 rings (SSSR count). The maximum absolute atomic E-state index is 14.0. The van der Waals surface area contributed by atoms with E-state index >= 15 is 0 Å². The van der Waals surface area contributed by atoms with Crippen molar-refractivity contribution < 1.29 is 23.0 Å². The first-order valence-corrected chi connectivity index (χ1v) is 6.20. The molecular formula is C16H14F2O3. The molecule has 0 bridgehead atoms. The molecule has 3 nitrogen and oxygen atoms in total. The highest BCUT2D eigenvalue weighted by Gasteiger charge is 2.21. The van der Waals surface area contributed by atoms with Crippen molar-refractivity contribution in [3.63, 3.8) is 0 Å². The van der Waals surface area contributed by atoms with Gasteiger partial charge in [-0.25, -0.2) is 8.78 Å². The Morgan fingerprint density at radius 1 is 1.00 bits per heavy atom. The number of methoxy groups -OCH3 is 2. The predicted molar refractivity (Wildman–Crippen MR) is 74.1 cm³/mol. The number of hydrogen-bond acceptors (Lipinski definition) is 3. The van der Waals surface area contributed by atoms with Gasteiger partial charge in [0, 0.05) is 11.6 Å². The van der Waals surface area contributed by atoms with Gasteiger partial charge in [0.25, 0.3) is 0 Å². The lowest BCUT2D eigenvalue weighted by Crippen LogP contribution is -2.09. The quantitative estimate of drug-likeness (QED) is 0.809. The molecule has 0 heterocycles. The Hall–Kier alpha value is -2.43. The van der Waals surface area contributed by atoms with Crippen LogP contribution in [0.25, 0.3) is 0 Å². The normalized spacial score (nSPS) is 10.3. The van der Waals surface area contributed by atoms with E-state index in [1.807, 2.05) is 0 Å². The molecule has 110 valence electrons. The fourth-order valence-corrected chi connectivity index (χ4v) is 1.95. The largest absolute Gasteiger partial charge is 0.497 e. The van der Waals surface area contributed by atoms with Crippen molar-refractivity contribution in [1.82, 2.24) is 0 Å². The third kappa shape index (κ3) is 2.86. The summed E-state index contributed by atoms with van der Waals surface area (Å²) in [5, 5.41) is 0. The average Bonchev–Trinajstić information content (AvgIpc) is 2.50. The summed E-state index contributed by atoms with van der Waals surface area (Å²) in [5.41, 5.74) is -0.283. The highest BCUT2D eigenvalue weighted by Crippen LogP contribution is 2.26. The first-order valence-electron chi connectivity index (χ1n) is 6.20. The maximum atomic E-state index is 14.0. The van der Waals surface area contributed by atoms with Crippen molar-refractivity contribution in [2.24, 2.45) is 0 Å². The molecular weight excluding hydrogens is 278 g/mol. The molecule has 0 unspecified atom stereocenters. The molecule has 0 aliphatic heterocycles. The zero-order valence-electron chi connectivity index (χ0n) is 11.9. The number of benzene rings is 2. The number of aryl methyl sites for hydroxylation is 1. The monoisotopic (exact) mass is 292 g/mol. The Morgan fingerprint density at radius 3 is 2.10 bits per heavy atom. The average molecular weight is 292 g/mol. The van der Waals surface area contributed by atoms with Gasteiger partial charge in [-0.1, -0.05) is 6.07 Å². The van der Waals surface area contributed by atoms with Crippen LogP contribution in [0.2, 0.25) is 0 Å². The summed E-state index contributed by atoms with van der Waals surface area (Å²) >= 11 is 0. The van der Waals surface area contributed by atoms with Crippen molar-refractivity contribution in [3.8, 4) is 11.5 Å². The van der Waals surface area contributed by atoms with Crippen molar-refractivity contribution in [2.45, 2.75) is 6.92 Å². The summed E-state index contributed by atoms with van der Waals surface area (Å²) < 4.78 is 37.9. The molecule has 0 aliphatic carbocycles. The Kier molecular flexibility index (Phi) is 4.21. The third-order valence-electron chi connectivity index (χ3n) is 3.12. The molecule has 0 saturated carbocycles. The van der Waals surface area contributed by atoms with Gasteiger partial charge in [-0.2, -0.15) is 0 Å². The summed E-state index contributed by atoms with van der Waals surface area (Å²) in [5.74, 6) is -1.78. The Bertz CT molecular complexity index is 674. The van der Waals surface area contributed by atoms with E-state index in [9.17, 15) is 13.6 Å². The van der Waals surface area contributed by atoms with Gasteiger partial charge in [0.05, 0.1) is 19.8 Å². The Labute approximate surface area is 121 Å². The van der Waals surface area contributed by atoms with Gasteiger partial charge in [0.15, 0.2) is 5.78 Å². The first-order chi connectivity index (χ1) is 9.97. The lowest BCUT2D eigenvalue weighted by Gasteiger charge is -2.10. The van der Waals surface area contributed by atoms with Gasteiger partial charge >= 0.3 is 0 Å². The van der Waals surface area contributed by atoms with Gasteiger partial charge in [-0.05, 0) is 30.7 Å². The summed E-state index contributed by atoms with van der Waals surface area (Å²) in [6.45, 7) is 1.47. The smallest absolute Gasteiger partial charge is 0.199 e. The number of halogens is 2. The third-order valence-corrected chi connectivity index (χ3v) is 3.12. The van der Waals surface area contributed by atoms with Gasteiger partial charge in [0.1, 0.15) is 23.1 Å². The minimum atomic E-state index is -0.898. The molecule has 0 N–H and O–H groups in total. The van der Waals surface area contributed by atoms with Crippen LogP contribution in [0.3, 0.4) is 0 Å². The van der Waals surface area contributed by atoms with E-state index in [0.29, 0.717) is 11.5 Å². The minimum Gasteiger partial charge on any atom is -0.497 e. The van der Waals surface area contributed by atoms with Crippen LogP contribution in [-0.2, 0) is 0 Å². The topological polar surface area (TPSA) is 35.5 Å². The maximum Gasteiger partial charge on any atom is 0.199 e. The molecule has 0 fully saturated rings. The number of carbonyl (C=O) groups excluding carboxylic acids is 1. The summed E-state index contributed by atoms with van der Waals surface area (Å²) in [4.78, 5) is 12.4. The van der Waals surface area contributed by atoms with E-state index in [1.54, 1.807) is 6.07 Å². The Morgan fingerprint density at radius 2 is 1.57 bits per heavy atom. The van der Waals surface area contributed by atoms with Crippen molar-refractivity contribution >= 4 is 5.78 Å². The summed E-state index contributed by atoms with van der Waals surface area (Å²) in [6, 6.07) is 6.74. The van der Waals surface area contributed by atoms with Crippen LogP contribution in [0.4, 0.5) is 8.78 Å². The van der Waals surface area contributed by atoms with E-state index in [-0.39, 0.29) is 11.1 Å². The lowest BCUT2D eigenvalue weighted by molar-refractivity contribution is 0.103. The van der Waals surface area contributed by atoms with Crippen LogP contribution >= 0.6 is 0 Å². The van der Waals surface area contributed by atoms with E-state index < -0.39 is 23.0 Å². The van der Waals surface area contributed by atoms with E-state index in [4.69, 9.17) is 9.47 Å². The molecule has 0 aromatic heterocycles. The number of rotatable bonds is 4. The van der Waals surface area contributed by atoms with Gasteiger partial charge in [0.2, 0.25) is 0 Å². The highest BCUT2D eigenvalue weighted by atomic mass is 19.1. The first kappa shape index (κ1) is 15.0. The van der Waals surface area contributed by atoms with Crippen LogP contribution in [0, 0.1) is 18.6 Å². The second-order valence-corrected chi connectivity index (χ2v) is 4.48. The minimum absolute atomic E-state index is 0.0922. The van der Waals surface area contributed by atoms with E-state index in [1.165, 1.54) is 39.3 Å². The van der Waals surface area contributed by atoms with Crippen LogP contribution in [0.15, 0.2) is 30.3 Å². The Balaban J connectivity index is 2.57. The summed E-state index contributed by atoms with van der Waals surface area (Å²) in [6.07, 6.45) is 0. The molecule has 0 amide bonds. The fraction of sp³-hybridized carbons (Fsp3) is 0.188. The lowest BCUT2D eigenvalue weighted by atomic mass is 9.99. The van der Waals surface area contributed by atoms with E-state index in [2.05, 4.69) is 0 Å². The second-order valence-electron chi connectivity index (χ2n) is 4.48. The molecule has 0 radical (unpaired) electrons. The van der Waals surface area contributed by atoms with Crippen molar-refractivity contribution in [1.29, 1.82) is 0 Å². The molecule has 5 heteroatoms. The number of hydrogen-bond donors (Lipinski definition) is 0. The number of carbonyl (C=O) groups is 1. The van der Waals surface area contributed by atoms with Crippen LogP contribution in [0.1, 0.15) is 21.5 Å². The molecule has 2 aromatic carbocycles. The second kappa shape index (κ2) is 5.91. The summed E-state index contributed by atoms with van der Waals surface area (Å²) in [7, 11) is 2.85. The fourth-order valence-electron chi connectivity index (χ4n) is 1.95. The molecule has 0 atom stereocenters. The molecule has 2 aromatic rings. The van der Waals surface area contributed by atoms with Crippen LogP contribution in [-0.4, -0.2) is 20.0 Å². The van der Waals surface area contributed by atoms with E-state index in [0.717, 1.165) is 6.07 Å². The number of ketones is 1. The SMILES string of the molecule is COc1cc(OC)cc(C(=O)c2c(F)ccc(C)c2F)c1. The molecule has 0 saturated heterocycles. The molecule has 21 heavy (non-hydrogen) atoms. The zero-order valence-corrected chi connectivity index (χ0v) is 11.9. The predicted octanol–water partition coefficient (Wildman–Crippen LogP) is 3.52. The van der Waals surface area contributed by atoms with Crippen LogP contribution < -0.4 is 9.47 Å².